The normalized spacial score (nSPS) is 14.1. The molecule has 18 heavy (non-hydrogen) atoms. The second-order valence-electron chi connectivity index (χ2n) is 4.49. The lowest BCUT2D eigenvalue weighted by Crippen LogP contribution is -2.22. The molecule has 2 atom stereocenters. The summed E-state index contributed by atoms with van der Waals surface area (Å²) in [6.07, 6.45) is 0.700. The number of benzene rings is 1. The van der Waals surface area contributed by atoms with Gasteiger partial charge in [-0.3, -0.25) is 4.79 Å². The van der Waals surface area contributed by atoms with Crippen LogP contribution in [0.3, 0.4) is 0 Å². The number of phenols is 1. The van der Waals surface area contributed by atoms with E-state index >= 15 is 0 Å². The average molecular weight is 271 g/mol. The van der Waals surface area contributed by atoms with E-state index in [1.165, 1.54) is 7.11 Å². The Bertz CT molecular complexity index is 443. The lowest BCUT2D eigenvalue weighted by molar-refractivity contribution is -0.146. The van der Waals surface area contributed by atoms with Crippen LogP contribution < -0.4 is 0 Å². The predicted molar refractivity (Wildman–Crippen MR) is 72.1 cm³/mol. The van der Waals surface area contributed by atoms with Crippen molar-refractivity contribution in [2.75, 3.05) is 7.11 Å². The summed E-state index contributed by atoms with van der Waals surface area (Å²) in [4.78, 5) is 11.7. The van der Waals surface area contributed by atoms with Gasteiger partial charge in [0.05, 0.1) is 18.1 Å². The molecule has 0 aliphatic rings. The van der Waals surface area contributed by atoms with Crippen LogP contribution >= 0.6 is 11.6 Å². The number of esters is 1. The van der Waals surface area contributed by atoms with Gasteiger partial charge in [0.2, 0.25) is 0 Å². The number of halogens is 1. The number of aromatic hydroxyl groups is 1. The second kappa shape index (κ2) is 6.10. The van der Waals surface area contributed by atoms with Gasteiger partial charge >= 0.3 is 5.97 Å². The van der Waals surface area contributed by atoms with Crippen LogP contribution in [0.4, 0.5) is 0 Å². The maximum Gasteiger partial charge on any atom is 0.309 e. The average Bonchev–Trinajstić information content (AvgIpc) is 2.34. The number of aryl methyl sites for hydroxylation is 1. The molecule has 4 heteroatoms. The van der Waals surface area contributed by atoms with E-state index in [-0.39, 0.29) is 23.6 Å². The maximum atomic E-state index is 11.7. The monoisotopic (exact) mass is 270 g/mol. The van der Waals surface area contributed by atoms with E-state index in [0.29, 0.717) is 11.4 Å². The molecule has 0 amide bonds. The molecule has 3 nitrogen and oxygen atoms in total. The van der Waals surface area contributed by atoms with Gasteiger partial charge in [0.1, 0.15) is 5.75 Å². The minimum absolute atomic E-state index is 0.000509. The first-order valence-corrected chi connectivity index (χ1v) is 6.37. The van der Waals surface area contributed by atoms with Crippen LogP contribution in [-0.4, -0.2) is 18.2 Å². The molecule has 0 saturated heterocycles. The molecule has 2 unspecified atom stereocenters. The van der Waals surface area contributed by atoms with Crippen molar-refractivity contribution in [2.24, 2.45) is 5.92 Å². The van der Waals surface area contributed by atoms with Crippen LogP contribution in [0.1, 0.15) is 37.3 Å². The zero-order chi connectivity index (χ0) is 13.9. The zero-order valence-corrected chi connectivity index (χ0v) is 11.9. The summed E-state index contributed by atoms with van der Waals surface area (Å²) in [5.74, 6) is -0.348. The Morgan fingerprint density at radius 2 is 2.11 bits per heavy atom. The number of methoxy groups -OCH3 is 1. The third-order valence-electron chi connectivity index (χ3n) is 3.37. The van der Waals surface area contributed by atoms with Crippen LogP contribution in [0.5, 0.6) is 5.75 Å². The minimum Gasteiger partial charge on any atom is -0.506 e. The van der Waals surface area contributed by atoms with Gasteiger partial charge in [-0.1, -0.05) is 25.4 Å². The van der Waals surface area contributed by atoms with Crippen LogP contribution in [0.25, 0.3) is 0 Å². The van der Waals surface area contributed by atoms with Crippen molar-refractivity contribution < 1.29 is 14.6 Å². The van der Waals surface area contributed by atoms with Gasteiger partial charge in [-0.2, -0.15) is 0 Å². The van der Waals surface area contributed by atoms with Crippen LogP contribution in [0.15, 0.2) is 12.1 Å². The topological polar surface area (TPSA) is 46.5 Å². The summed E-state index contributed by atoms with van der Waals surface area (Å²) in [5.41, 5.74) is 1.89. The third-order valence-corrected chi connectivity index (χ3v) is 3.68. The summed E-state index contributed by atoms with van der Waals surface area (Å²) in [6, 6.07) is 3.35. The van der Waals surface area contributed by atoms with E-state index in [2.05, 4.69) is 0 Å². The highest BCUT2D eigenvalue weighted by atomic mass is 35.5. The Labute approximate surface area is 113 Å². The van der Waals surface area contributed by atoms with Gasteiger partial charge in [0.15, 0.2) is 0 Å². The van der Waals surface area contributed by atoms with Crippen molar-refractivity contribution in [3.63, 3.8) is 0 Å². The van der Waals surface area contributed by atoms with Gasteiger partial charge in [0.25, 0.3) is 0 Å². The molecule has 1 aromatic rings. The van der Waals surface area contributed by atoms with E-state index in [0.717, 1.165) is 11.1 Å². The molecule has 1 rings (SSSR count). The molecule has 0 saturated carbocycles. The number of carbonyl (C=O) groups is 1. The van der Waals surface area contributed by atoms with Crippen LogP contribution in [0.2, 0.25) is 5.02 Å². The standard InChI is InChI=1S/C14H19ClO3/c1-5-10(14(17)18-4)9(3)11-7-12(15)13(16)6-8(11)2/h6-7,9-10,16H,5H2,1-4H3. The summed E-state index contributed by atoms with van der Waals surface area (Å²) >= 11 is 5.93. The molecule has 100 valence electrons. The first kappa shape index (κ1) is 14.8. The molecule has 1 N–H and O–H groups in total. The van der Waals surface area contributed by atoms with Gasteiger partial charge in [-0.05, 0) is 42.5 Å². The highest BCUT2D eigenvalue weighted by Gasteiger charge is 2.26. The van der Waals surface area contributed by atoms with E-state index in [1.54, 1.807) is 12.1 Å². The van der Waals surface area contributed by atoms with E-state index in [4.69, 9.17) is 16.3 Å². The Morgan fingerprint density at radius 3 is 2.61 bits per heavy atom. The van der Waals surface area contributed by atoms with Crippen molar-refractivity contribution in [1.29, 1.82) is 0 Å². The smallest absolute Gasteiger partial charge is 0.309 e. The summed E-state index contributed by atoms with van der Waals surface area (Å²) in [5, 5.41) is 9.84. The summed E-state index contributed by atoms with van der Waals surface area (Å²) < 4.78 is 4.82. The number of hydrogen-bond donors (Lipinski definition) is 1. The maximum absolute atomic E-state index is 11.7. The van der Waals surface area contributed by atoms with Crippen molar-refractivity contribution in [3.05, 3.63) is 28.3 Å². The molecule has 0 spiro atoms. The molecule has 0 aliphatic carbocycles. The highest BCUT2D eigenvalue weighted by Crippen LogP contribution is 2.35. The van der Waals surface area contributed by atoms with Crippen molar-refractivity contribution in [3.8, 4) is 5.75 Å². The minimum atomic E-state index is -0.214. The Hall–Kier alpha value is -1.22. The fourth-order valence-electron chi connectivity index (χ4n) is 2.26. The van der Waals surface area contributed by atoms with Crippen LogP contribution in [-0.2, 0) is 9.53 Å². The number of carbonyl (C=O) groups excluding carboxylic acids is 1. The first-order valence-electron chi connectivity index (χ1n) is 5.99. The molecular formula is C14H19ClO3. The molecule has 0 fully saturated rings. The predicted octanol–water partition coefficient (Wildman–Crippen LogP) is 3.66. The molecule has 0 heterocycles. The largest absolute Gasteiger partial charge is 0.506 e. The van der Waals surface area contributed by atoms with Gasteiger partial charge in [0, 0.05) is 0 Å². The fraction of sp³-hybridized carbons (Fsp3) is 0.500. The molecule has 1 aromatic carbocycles. The van der Waals surface area contributed by atoms with Gasteiger partial charge < -0.3 is 9.84 Å². The molecular weight excluding hydrogens is 252 g/mol. The molecule has 0 aromatic heterocycles. The second-order valence-corrected chi connectivity index (χ2v) is 4.89. The van der Waals surface area contributed by atoms with Crippen molar-refractivity contribution >= 4 is 17.6 Å². The number of phenolic OH excluding ortho intramolecular Hbond substituents is 1. The highest BCUT2D eigenvalue weighted by molar-refractivity contribution is 6.32. The first-order chi connectivity index (χ1) is 8.42. The fourth-order valence-corrected chi connectivity index (χ4v) is 2.44. The molecule has 0 radical (unpaired) electrons. The molecule has 0 bridgehead atoms. The summed E-state index contributed by atoms with van der Waals surface area (Å²) in [7, 11) is 1.40. The Morgan fingerprint density at radius 1 is 1.50 bits per heavy atom. The third kappa shape index (κ3) is 2.96. The van der Waals surface area contributed by atoms with E-state index in [1.807, 2.05) is 20.8 Å². The van der Waals surface area contributed by atoms with Crippen LogP contribution in [0, 0.1) is 12.8 Å². The van der Waals surface area contributed by atoms with Gasteiger partial charge in [-0.15, -0.1) is 0 Å². The van der Waals surface area contributed by atoms with E-state index in [9.17, 15) is 9.90 Å². The summed E-state index contributed by atoms with van der Waals surface area (Å²) in [6.45, 7) is 5.82. The number of rotatable bonds is 4. The van der Waals surface area contributed by atoms with Gasteiger partial charge in [-0.25, -0.2) is 0 Å². The lowest BCUT2D eigenvalue weighted by atomic mass is 9.84. The number of hydrogen-bond acceptors (Lipinski definition) is 3. The zero-order valence-electron chi connectivity index (χ0n) is 11.2. The quantitative estimate of drug-likeness (QED) is 0.850. The van der Waals surface area contributed by atoms with Crippen molar-refractivity contribution in [2.45, 2.75) is 33.1 Å². The Balaban J connectivity index is 3.13. The lowest BCUT2D eigenvalue weighted by Gasteiger charge is -2.22. The molecule has 0 aliphatic heterocycles. The number of ether oxygens (including phenoxy) is 1. The Kier molecular flexibility index (Phi) is 5.03. The van der Waals surface area contributed by atoms with Crippen molar-refractivity contribution in [1.82, 2.24) is 0 Å². The van der Waals surface area contributed by atoms with E-state index < -0.39 is 0 Å². The SMILES string of the molecule is CCC(C(=O)OC)C(C)c1cc(Cl)c(O)cc1C.